The number of para-hydroxylation sites is 2. The summed E-state index contributed by atoms with van der Waals surface area (Å²) < 4.78 is 2.22. The van der Waals surface area contributed by atoms with Gasteiger partial charge in [-0.1, -0.05) is 48.0 Å². The van der Waals surface area contributed by atoms with Crippen LogP contribution in [0.5, 0.6) is 0 Å². The molecule has 1 N–H and O–H groups in total. The molecule has 0 saturated carbocycles. The number of rotatable bonds is 4. The first kappa shape index (κ1) is 19.3. The van der Waals surface area contributed by atoms with Gasteiger partial charge in [0.2, 0.25) is 0 Å². The van der Waals surface area contributed by atoms with E-state index in [1.807, 2.05) is 73.7 Å². The lowest BCUT2D eigenvalue weighted by molar-refractivity contribution is 1.04. The summed E-state index contributed by atoms with van der Waals surface area (Å²) in [5, 5.41) is 5.07. The quantitative estimate of drug-likeness (QED) is 0.337. The average molecular weight is 425 g/mol. The van der Waals surface area contributed by atoms with Crippen molar-refractivity contribution in [2.45, 2.75) is 6.92 Å². The van der Waals surface area contributed by atoms with E-state index >= 15 is 0 Å². The van der Waals surface area contributed by atoms with Gasteiger partial charge in [0.15, 0.2) is 0 Å². The molecule has 0 amide bonds. The number of halogens is 1. The zero-order valence-corrected chi connectivity index (χ0v) is 17.8. The molecular formula is C26H21ClN4. The lowest BCUT2D eigenvalue weighted by Gasteiger charge is -2.20. The molecule has 4 nitrogen and oxygen atoms in total. The second-order valence-corrected chi connectivity index (χ2v) is 7.68. The Hall–Kier alpha value is -3.63. The molecule has 5 rings (SSSR count). The first-order valence-corrected chi connectivity index (χ1v) is 10.6. The lowest BCUT2D eigenvalue weighted by atomic mass is 10.1. The summed E-state index contributed by atoms with van der Waals surface area (Å²) in [6.45, 7) is 2.74. The lowest BCUT2D eigenvalue weighted by Crippen LogP contribution is -2.15. The Morgan fingerprint density at radius 1 is 0.903 bits per heavy atom. The Bertz CT molecular complexity index is 1390. The van der Waals surface area contributed by atoms with E-state index in [1.165, 1.54) is 0 Å². The van der Waals surface area contributed by atoms with Crippen molar-refractivity contribution < 1.29 is 0 Å². The van der Waals surface area contributed by atoms with Crippen molar-refractivity contribution in [2.75, 3.05) is 11.9 Å². The summed E-state index contributed by atoms with van der Waals surface area (Å²) >= 11 is 6.30. The number of anilines is 2. The van der Waals surface area contributed by atoms with Crippen LogP contribution in [0.15, 0.2) is 96.0 Å². The van der Waals surface area contributed by atoms with Crippen molar-refractivity contribution in [2.24, 2.45) is 4.99 Å². The van der Waals surface area contributed by atoms with Crippen LogP contribution in [0.1, 0.15) is 6.92 Å². The molecule has 3 aromatic carbocycles. The van der Waals surface area contributed by atoms with E-state index in [1.54, 1.807) is 0 Å². The van der Waals surface area contributed by atoms with Gasteiger partial charge in [0.25, 0.3) is 0 Å². The van der Waals surface area contributed by atoms with Gasteiger partial charge in [-0.05, 0) is 61.5 Å². The van der Waals surface area contributed by atoms with Crippen LogP contribution >= 0.6 is 11.6 Å². The van der Waals surface area contributed by atoms with Gasteiger partial charge in [-0.2, -0.15) is 0 Å². The molecule has 2 aliphatic rings. The molecule has 31 heavy (non-hydrogen) atoms. The van der Waals surface area contributed by atoms with Crippen LogP contribution in [0.25, 0.3) is 28.1 Å². The maximum atomic E-state index is 6.30. The topological polar surface area (TPSA) is 42.2 Å². The highest BCUT2D eigenvalue weighted by Crippen LogP contribution is 2.31. The van der Waals surface area contributed by atoms with Crippen LogP contribution < -0.4 is 10.7 Å². The van der Waals surface area contributed by atoms with Gasteiger partial charge in [-0.3, -0.25) is 4.99 Å². The van der Waals surface area contributed by atoms with Gasteiger partial charge < -0.3 is 9.88 Å². The van der Waals surface area contributed by atoms with E-state index in [0.717, 1.165) is 44.8 Å². The van der Waals surface area contributed by atoms with Gasteiger partial charge >= 0.3 is 0 Å². The molecule has 0 spiro atoms. The number of fused-ring (bicyclic) bond motifs is 2. The maximum absolute atomic E-state index is 6.30. The Balaban J connectivity index is 1.84. The molecule has 5 heteroatoms. The molecule has 152 valence electrons. The van der Waals surface area contributed by atoms with Crippen molar-refractivity contribution in [3.05, 3.63) is 101 Å². The highest BCUT2D eigenvalue weighted by atomic mass is 35.5. The Morgan fingerprint density at radius 3 is 2.39 bits per heavy atom. The molecular weight excluding hydrogens is 404 g/mol. The SMILES string of the molecule is CCN=c1cc2n(-c3ccccc3)c3ccc(Cl)cc3nc-2cc1Nc1ccccc1. The first-order chi connectivity index (χ1) is 15.2. The summed E-state index contributed by atoms with van der Waals surface area (Å²) in [5.41, 5.74) is 6.69. The van der Waals surface area contributed by atoms with Crippen LogP contribution in [-0.4, -0.2) is 16.1 Å². The fourth-order valence-corrected chi connectivity index (χ4v) is 3.97. The summed E-state index contributed by atoms with van der Waals surface area (Å²) in [6, 6.07) is 30.4. The minimum Gasteiger partial charge on any atom is -0.354 e. The molecule has 0 radical (unpaired) electrons. The smallest absolute Gasteiger partial charge is 0.0900 e. The van der Waals surface area contributed by atoms with Crippen LogP contribution in [0, 0.1) is 0 Å². The van der Waals surface area contributed by atoms with Gasteiger partial charge in [0.05, 0.1) is 33.5 Å². The van der Waals surface area contributed by atoms with Crippen LogP contribution in [0.3, 0.4) is 0 Å². The monoisotopic (exact) mass is 424 g/mol. The zero-order chi connectivity index (χ0) is 21.2. The zero-order valence-electron chi connectivity index (χ0n) is 17.1. The minimum atomic E-state index is 0.666. The largest absolute Gasteiger partial charge is 0.354 e. The predicted molar refractivity (Wildman–Crippen MR) is 129 cm³/mol. The minimum absolute atomic E-state index is 0.666. The maximum Gasteiger partial charge on any atom is 0.0900 e. The van der Waals surface area contributed by atoms with Gasteiger partial charge in [-0.25, -0.2) is 4.98 Å². The third-order valence-corrected chi connectivity index (χ3v) is 5.38. The molecule has 0 fully saturated rings. The number of nitrogens with zero attached hydrogens (tertiary/aromatic N) is 3. The van der Waals surface area contributed by atoms with E-state index in [-0.39, 0.29) is 0 Å². The van der Waals surface area contributed by atoms with Crippen molar-refractivity contribution in [1.82, 2.24) is 9.55 Å². The third-order valence-electron chi connectivity index (χ3n) is 5.15. The van der Waals surface area contributed by atoms with Crippen LogP contribution in [0.4, 0.5) is 11.4 Å². The van der Waals surface area contributed by atoms with Gasteiger partial charge in [-0.15, -0.1) is 0 Å². The van der Waals surface area contributed by atoms with Gasteiger partial charge in [0.1, 0.15) is 0 Å². The summed E-state index contributed by atoms with van der Waals surface area (Å²) in [5.74, 6) is 0. The number of aromatic nitrogens is 2. The van der Waals surface area contributed by atoms with Crippen LogP contribution in [0.2, 0.25) is 5.02 Å². The molecule has 3 aromatic rings. The molecule has 0 bridgehead atoms. The van der Waals surface area contributed by atoms with Crippen molar-refractivity contribution in [1.29, 1.82) is 0 Å². The second kappa shape index (κ2) is 8.25. The van der Waals surface area contributed by atoms with Crippen molar-refractivity contribution in [3.8, 4) is 17.1 Å². The van der Waals surface area contributed by atoms with Crippen molar-refractivity contribution in [3.63, 3.8) is 0 Å². The summed E-state index contributed by atoms with van der Waals surface area (Å²) in [4.78, 5) is 9.70. The second-order valence-electron chi connectivity index (χ2n) is 7.24. The summed E-state index contributed by atoms with van der Waals surface area (Å²) in [7, 11) is 0. The van der Waals surface area contributed by atoms with Crippen molar-refractivity contribution >= 4 is 34.0 Å². The molecule has 0 aromatic heterocycles. The number of nitrogens with one attached hydrogen (secondary N) is 1. The number of hydrogen-bond acceptors (Lipinski definition) is 3. The van der Waals surface area contributed by atoms with E-state index in [9.17, 15) is 0 Å². The predicted octanol–water partition coefficient (Wildman–Crippen LogP) is 6.45. The highest BCUT2D eigenvalue weighted by Gasteiger charge is 2.16. The fourth-order valence-electron chi connectivity index (χ4n) is 3.80. The molecule has 0 atom stereocenters. The Morgan fingerprint density at radius 2 is 1.65 bits per heavy atom. The molecule has 1 aliphatic heterocycles. The van der Waals surface area contributed by atoms with Crippen LogP contribution in [-0.2, 0) is 0 Å². The highest BCUT2D eigenvalue weighted by molar-refractivity contribution is 6.31. The van der Waals surface area contributed by atoms with E-state index < -0.39 is 0 Å². The molecule has 0 saturated heterocycles. The van der Waals surface area contributed by atoms with E-state index in [4.69, 9.17) is 21.6 Å². The van der Waals surface area contributed by atoms with E-state index in [0.29, 0.717) is 11.6 Å². The molecule has 1 heterocycles. The number of hydrogen-bond donors (Lipinski definition) is 1. The standard InChI is InChI=1S/C26H21ClN4/c1-2-28-21-17-26-24(16-22(21)29-19-9-5-3-6-10-19)30-23-15-18(27)13-14-25(23)31(26)20-11-7-4-8-12-20/h3-17,29H,2H2,1H3. The molecule has 0 unspecified atom stereocenters. The Kier molecular flexibility index (Phi) is 5.14. The first-order valence-electron chi connectivity index (χ1n) is 10.3. The Labute approximate surface area is 185 Å². The van der Waals surface area contributed by atoms with Gasteiger partial charge in [0, 0.05) is 22.9 Å². The average Bonchev–Trinajstić information content (AvgIpc) is 2.79. The fraction of sp³-hybridized carbons (Fsp3) is 0.0769. The number of benzene rings is 4. The third kappa shape index (κ3) is 3.78. The summed E-state index contributed by atoms with van der Waals surface area (Å²) in [6.07, 6.45) is 0. The normalized spacial score (nSPS) is 11.9. The van der Waals surface area contributed by atoms with E-state index in [2.05, 4.69) is 34.1 Å². The molecule has 1 aliphatic carbocycles.